The molecule has 0 aliphatic carbocycles. The molecular weight excluding hydrogens is 438 g/mol. The average Bonchev–Trinajstić information content (AvgIpc) is 3.47. The molecule has 0 saturated carbocycles. The van der Waals surface area contributed by atoms with Crippen LogP contribution < -0.4 is 5.32 Å². The first kappa shape index (κ1) is 21.2. The average molecular weight is 462 g/mol. The number of benzene rings is 2. The number of aryl methyl sites for hydroxylation is 1. The van der Waals surface area contributed by atoms with Gasteiger partial charge in [0.25, 0.3) is 5.91 Å². The predicted molar refractivity (Wildman–Crippen MR) is 125 cm³/mol. The Kier molecular flexibility index (Phi) is 5.60. The Labute approximate surface area is 192 Å². The van der Waals surface area contributed by atoms with Gasteiger partial charge in [0.1, 0.15) is 5.82 Å². The van der Waals surface area contributed by atoms with Crippen molar-refractivity contribution >= 4 is 21.4 Å². The molecule has 1 aliphatic heterocycles. The Balaban J connectivity index is 1.31. The lowest BCUT2D eigenvalue weighted by atomic mass is 10.1. The molecule has 0 spiro atoms. The Bertz CT molecular complexity index is 1390. The summed E-state index contributed by atoms with van der Waals surface area (Å²) in [6.07, 6.45) is 6.65. The molecule has 8 heteroatoms. The fourth-order valence-electron chi connectivity index (χ4n) is 4.12. The molecule has 4 aromatic rings. The smallest absolute Gasteiger partial charge is 0.291 e. The summed E-state index contributed by atoms with van der Waals surface area (Å²) in [7, 11) is -3.60. The molecule has 168 valence electrons. The summed E-state index contributed by atoms with van der Waals surface area (Å²) in [5.41, 5.74) is 3.14. The zero-order valence-corrected chi connectivity index (χ0v) is 18.7. The molecular formula is C25H23N3O4S. The number of nitrogens with zero attached hydrogens (tertiary/aromatic N) is 2. The molecule has 2 aromatic heterocycles. The Morgan fingerprint density at radius 2 is 1.82 bits per heavy atom. The fraction of sp³-hybridized carbons (Fsp3) is 0.200. The molecule has 0 saturated heterocycles. The van der Waals surface area contributed by atoms with Crippen LogP contribution in [-0.4, -0.2) is 23.9 Å². The third kappa shape index (κ3) is 4.34. The van der Waals surface area contributed by atoms with Gasteiger partial charge in [-0.2, -0.15) is 0 Å². The fourth-order valence-corrected chi connectivity index (χ4v) is 5.50. The number of aromatic nitrogens is 2. The van der Waals surface area contributed by atoms with Gasteiger partial charge >= 0.3 is 0 Å². The van der Waals surface area contributed by atoms with Crippen LogP contribution in [0.3, 0.4) is 0 Å². The second-order valence-electron chi connectivity index (χ2n) is 8.06. The summed E-state index contributed by atoms with van der Waals surface area (Å²) in [4.78, 5) is 17.6. The molecule has 0 radical (unpaired) electrons. The lowest BCUT2D eigenvalue weighted by Gasteiger charge is -2.16. The summed E-state index contributed by atoms with van der Waals surface area (Å²) >= 11 is 0. The number of amides is 1. The number of carbonyl (C=O) groups excluding carboxylic acids is 1. The van der Waals surface area contributed by atoms with Crippen LogP contribution in [0.5, 0.6) is 0 Å². The monoisotopic (exact) mass is 461 g/mol. The molecule has 1 amide bonds. The van der Waals surface area contributed by atoms with E-state index in [-0.39, 0.29) is 16.4 Å². The van der Waals surface area contributed by atoms with Crippen molar-refractivity contribution in [3.05, 3.63) is 90.1 Å². The number of imidazole rings is 1. The molecule has 33 heavy (non-hydrogen) atoms. The Morgan fingerprint density at radius 1 is 1.03 bits per heavy atom. The van der Waals surface area contributed by atoms with E-state index in [0.29, 0.717) is 11.3 Å². The molecule has 1 N–H and O–H groups in total. The van der Waals surface area contributed by atoms with Gasteiger partial charge in [-0.15, -0.1) is 0 Å². The van der Waals surface area contributed by atoms with Crippen molar-refractivity contribution < 1.29 is 17.6 Å². The zero-order chi connectivity index (χ0) is 22.8. The normalized spacial score (nSPS) is 13.5. The lowest BCUT2D eigenvalue weighted by molar-refractivity contribution is 0.0996. The minimum Gasteiger partial charge on any atom is -0.459 e. The summed E-state index contributed by atoms with van der Waals surface area (Å²) in [5, 5.41) is 2.79. The van der Waals surface area contributed by atoms with Crippen LogP contribution in [-0.2, 0) is 28.6 Å². The number of carbonyl (C=O) groups is 1. The number of sulfone groups is 1. The number of fused-ring (bicyclic) bond motifs is 1. The van der Waals surface area contributed by atoms with E-state index in [4.69, 9.17) is 4.42 Å². The van der Waals surface area contributed by atoms with Gasteiger partial charge in [-0.05, 0) is 61.7 Å². The standard InChI is InChI=1S/C25H23N3O4S/c29-25(23-19(13-15-32-23)17-33(30,31)22-7-2-1-3-8-22)27-20-11-9-18(10-12-20)24-26-16-21-6-4-5-14-28(21)24/h1-3,7-13,15-16H,4-6,14,17H2,(H,27,29). The maximum absolute atomic E-state index is 12.8. The Morgan fingerprint density at radius 3 is 2.61 bits per heavy atom. The predicted octanol–water partition coefficient (Wildman–Crippen LogP) is 4.71. The van der Waals surface area contributed by atoms with Crippen molar-refractivity contribution in [2.45, 2.75) is 36.5 Å². The van der Waals surface area contributed by atoms with Gasteiger partial charge < -0.3 is 14.3 Å². The van der Waals surface area contributed by atoms with E-state index in [1.165, 1.54) is 36.6 Å². The van der Waals surface area contributed by atoms with Crippen LogP contribution >= 0.6 is 0 Å². The maximum atomic E-state index is 12.8. The van der Waals surface area contributed by atoms with Crippen LogP contribution in [0, 0.1) is 0 Å². The minimum absolute atomic E-state index is 0.0130. The molecule has 3 heterocycles. The van der Waals surface area contributed by atoms with E-state index in [9.17, 15) is 13.2 Å². The molecule has 0 bridgehead atoms. The third-order valence-corrected chi connectivity index (χ3v) is 7.49. The summed E-state index contributed by atoms with van der Waals surface area (Å²) in [6, 6.07) is 17.1. The lowest BCUT2D eigenvalue weighted by Crippen LogP contribution is -2.15. The molecule has 0 fully saturated rings. The summed E-state index contributed by atoms with van der Waals surface area (Å²) < 4.78 is 33.0. The van der Waals surface area contributed by atoms with Gasteiger partial charge in [0.15, 0.2) is 15.6 Å². The van der Waals surface area contributed by atoms with Gasteiger partial charge in [0.05, 0.1) is 16.9 Å². The van der Waals surface area contributed by atoms with Crippen molar-refractivity contribution in [2.24, 2.45) is 0 Å². The van der Waals surface area contributed by atoms with E-state index in [1.54, 1.807) is 30.3 Å². The highest BCUT2D eigenvalue weighted by Crippen LogP contribution is 2.26. The van der Waals surface area contributed by atoms with Crippen molar-refractivity contribution in [2.75, 3.05) is 5.32 Å². The van der Waals surface area contributed by atoms with E-state index in [2.05, 4.69) is 14.9 Å². The minimum atomic E-state index is -3.60. The first-order chi connectivity index (χ1) is 16.0. The molecule has 1 aliphatic rings. The van der Waals surface area contributed by atoms with Gasteiger partial charge in [-0.1, -0.05) is 18.2 Å². The summed E-state index contributed by atoms with van der Waals surface area (Å²) in [5.74, 6) is 0.104. The zero-order valence-electron chi connectivity index (χ0n) is 17.9. The van der Waals surface area contributed by atoms with E-state index in [0.717, 1.165) is 30.8 Å². The highest BCUT2D eigenvalue weighted by Gasteiger charge is 2.23. The Hall–Kier alpha value is -3.65. The molecule has 0 unspecified atom stereocenters. The number of furan rings is 1. The van der Waals surface area contributed by atoms with Crippen LogP contribution in [0.1, 0.15) is 34.7 Å². The molecule has 7 nitrogen and oxygen atoms in total. The first-order valence-corrected chi connectivity index (χ1v) is 12.5. The number of hydrogen-bond acceptors (Lipinski definition) is 5. The van der Waals surface area contributed by atoms with Crippen LogP contribution in [0.15, 0.2) is 82.4 Å². The number of anilines is 1. The second kappa shape index (κ2) is 8.71. The van der Waals surface area contributed by atoms with Gasteiger partial charge in [0.2, 0.25) is 0 Å². The van der Waals surface area contributed by atoms with Crippen molar-refractivity contribution in [3.63, 3.8) is 0 Å². The van der Waals surface area contributed by atoms with Crippen molar-refractivity contribution in [1.29, 1.82) is 0 Å². The quantitative estimate of drug-likeness (QED) is 0.449. The van der Waals surface area contributed by atoms with Crippen LogP contribution in [0.4, 0.5) is 5.69 Å². The van der Waals surface area contributed by atoms with Gasteiger partial charge in [-0.3, -0.25) is 4.79 Å². The number of rotatable bonds is 6. The van der Waals surface area contributed by atoms with Gasteiger partial charge in [0, 0.05) is 35.2 Å². The second-order valence-corrected chi connectivity index (χ2v) is 10.1. The topological polar surface area (TPSA) is 94.2 Å². The number of nitrogens with one attached hydrogen (secondary N) is 1. The highest BCUT2D eigenvalue weighted by molar-refractivity contribution is 7.90. The van der Waals surface area contributed by atoms with Crippen LogP contribution in [0.25, 0.3) is 11.4 Å². The van der Waals surface area contributed by atoms with E-state index >= 15 is 0 Å². The first-order valence-electron chi connectivity index (χ1n) is 10.8. The molecule has 5 rings (SSSR count). The SMILES string of the molecule is O=C(Nc1ccc(-c2ncc3n2CCCC3)cc1)c1occc1CS(=O)(=O)c1ccccc1. The van der Waals surface area contributed by atoms with Crippen molar-refractivity contribution in [1.82, 2.24) is 9.55 Å². The number of hydrogen-bond donors (Lipinski definition) is 1. The largest absolute Gasteiger partial charge is 0.459 e. The van der Waals surface area contributed by atoms with Gasteiger partial charge in [-0.25, -0.2) is 13.4 Å². The molecule has 2 aromatic carbocycles. The van der Waals surface area contributed by atoms with E-state index < -0.39 is 15.7 Å². The third-order valence-electron chi connectivity index (χ3n) is 5.80. The highest BCUT2D eigenvalue weighted by atomic mass is 32.2. The maximum Gasteiger partial charge on any atom is 0.291 e. The molecule has 0 atom stereocenters. The van der Waals surface area contributed by atoms with Crippen molar-refractivity contribution in [3.8, 4) is 11.4 Å². The summed E-state index contributed by atoms with van der Waals surface area (Å²) in [6.45, 7) is 0.969. The van der Waals surface area contributed by atoms with Crippen LogP contribution in [0.2, 0.25) is 0 Å². The van der Waals surface area contributed by atoms with E-state index in [1.807, 2.05) is 18.3 Å².